The third kappa shape index (κ3) is 12.1. The van der Waals surface area contributed by atoms with Crippen molar-refractivity contribution in [3.05, 3.63) is 141 Å². The molecule has 2 atom stereocenters. The minimum atomic E-state index is -1.13. The van der Waals surface area contributed by atoms with Crippen LogP contribution >= 0.6 is 0 Å². The summed E-state index contributed by atoms with van der Waals surface area (Å²) < 4.78 is 23.3. The smallest absolute Gasteiger partial charge is 0.336 e. The highest BCUT2D eigenvalue weighted by Crippen LogP contribution is 2.50. The van der Waals surface area contributed by atoms with E-state index in [4.69, 9.17) is 18.9 Å². The average molecular weight is 912 g/mol. The Kier molecular flexibility index (Phi) is 16.7. The summed E-state index contributed by atoms with van der Waals surface area (Å²) in [6, 6.07) is 16.7. The number of nitrogens with one attached hydrogen (secondary N) is 3. The van der Waals surface area contributed by atoms with Crippen LogP contribution in [0.3, 0.4) is 0 Å². The Morgan fingerprint density at radius 3 is 2.33 bits per heavy atom. The van der Waals surface area contributed by atoms with E-state index in [9.17, 15) is 24.3 Å². The number of carboxylic acids is 1. The molecule has 2 aliphatic carbocycles. The molecular weight excluding hydrogens is 851 g/mol. The molecule has 67 heavy (non-hydrogen) atoms. The first-order valence-corrected chi connectivity index (χ1v) is 23.1. The summed E-state index contributed by atoms with van der Waals surface area (Å²) >= 11 is 0. The summed E-state index contributed by atoms with van der Waals surface area (Å²) in [7, 11) is 1.73. The number of aryl methyl sites for hydroxylation is 1. The van der Waals surface area contributed by atoms with Gasteiger partial charge in [-0.3, -0.25) is 19.4 Å². The number of fused-ring (bicyclic) bond motifs is 4. The standard InChI is InChI=1S/C53H61N5O9/c1-5-55-45-32-48-43(29-35(45)3)51(42-28-34(2)44(54-4)31-47(42)67-48)40-17-16-38(30-41(40)53(62)63)52(61)57-21-23-65-25-27-66-26-24-64-22-20-56-49(59)18-19-50(60)58-33-39-12-7-6-10-36(39)14-15-37-11-8-9-13-46(37)58/h8-17,28-32,42,51,55H,5-7,18-27,33H2,1-4H3,(H,56,59)(H,57,61)(H,62,63)/b15-14-,54-44?. The molecule has 4 N–H and O–H groups in total. The predicted molar refractivity (Wildman–Crippen MR) is 260 cm³/mol. The van der Waals surface area contributed by atoms with Crippen LogP contribution in [0.15, 0.2) is 112 Å². The maximum atomic E-state index is 13.4. The molecule has 2 aliphatic heterocycles. The second kappa shape index (κ2) is 23.2. The number of anilines is 2. The molecule has 0 saturated carbocycles. The molecule has 0 radical (unpaired) electrons. The molecule has 4 aliphatic rings. The molecule has 3 amide bonds. The lowest BCUT2D eigenvalue weighted by Gasteiger charge is -2.37. The molecule has 3 aromatic rings. The van der Waals surface area contributed by atoms with Gasteiger partial charge >= 0.3 is 5.97 Å². The highest BCUT2D eigenvalue weighted by molar-refractivity contribution is 6.09. The van der Waals surface area contributed by atoms with Crippen LogP contribution in [0, 0.1) is 12.8 Å². The van der Waals surface area contributed by atoms with Crippen molar-refractivity contribution in [2.45, 2.75) is 52.4 Å². The number of hydrogen-bond acceptors (Lipinski definition) is 10. The fraction of sp³-hybridized carbons (Fsp3) is 0.377. The van der Waals surface area contributed by atoms with Gasteiger partial charge in [0.2, 0.25) is 11.8 Å². The predicted octanol–water partition coefficient (Wildman–Crippen LogP) is 7.56. The number of hydrogen-bond donors (Lipinski definition) is 4. The van der Waals surface area contributed by atoms with Crippen molar-refractivity contribution in [3.8, 4) is 5.75 Å². The molecular formula is C53H61N5O9. The van der Waals surface area contributed by atoms with E-state index in [0.29, 0.717) is 63.2 Å². The van der Waals surface area contributed by atoms with E-state index in [1.165, 1.54) is 6.07 Å². The maximum Gasteiger partial charge on any atom is 0.336 e. The van der Waals surface area contributed by atoms with Gasteiger partial charge < -0.3 is 44.9 Å². The van der Waals surface area contributed by atoms with E-state index in [0.717, 1.165) is 69.9 Å². The Bertz CT molecular complexity index is 2540. The van der Waals surface area contributed by atoms with Gasteiger partial charge in [0.25, 0.3) is 5.91 Å². The lowest BCUT2D eigenvalue weighted by molar-refractivity contribution is -0.125. The van der Waals surface area contributed by atoms with E-state index in [1.807, 2.05) is 63.3 Å². The highest BCUT2D eigenvalue weighted by atomic mass is 16.5. The minimum absolute atomic E-state index is 0.0439. The summed E-state index contributed by atoms with van der Waals surface area (Å²) in [5, 5.41) is 19.5. The quantitative estimate of drug-likeness (QED) is 0.0828. The molecule has 352 valence electrons. The Hall–Kier alpha value is -6.61. The average Bonchev–Trinajstić information content (AvgIpc) is 3.32. The third-order valence-electron chi connectivity index (χ3n) is 12.2. The summed E-state index contributed by atoms with van der Waals surface area (Å²) in [5.74, 6) is -1.17. The Morgan fingerprint density at radius 1 is 0.851 bits per heavy atom. The zero-order valence-corrected chi connectivity index (χ0v) is 38.8. The van der Waals surface area contributed by atoms with Gasteiger partial charge in [0.15, 0.2) is 0 Å². The number of benzene rings is 3. The normalized spacial score (nSPS) is 18.2. The number of amides is 3. The van der Waals surface area contributed by atoms with Crippen LogP contribution in [-0.2, 0) is 23.8 Å². The van der Waals surface area contributed by atoms with Crippen LogP contribution in [0.1, 0.15) is 88.4 Å². The van der Waals surface area contributed by atoms with Gasteiger partial charge in [0.05, 0.1) is 63.1 Å². The van der Waals surface area contributed by atoms with Gasteiger partial charge in [-0.15, -0.1) is 0 Å². The van der Waals surface area contributed by atoms with E-state index in [-0.39, 0.29) is 60.8 Å². The van der Waals surface area contributed by atoms with E-state index in [2.05, 4.69) is 51.3 Å². The molecule has 14 heteroatoms. The van der Waals surface area contributed by atoms with Crippen molar-refractivity contribution in [2.75, 3.05) is 83.1 Å². The Morgan fingerprint density at radius 2 is 1.58 bits per heavy atom. The van der Waals surface area contributed by atoms with Crippen molar-refractivity contribution in [1.82, 2.24) is 10.6 Å². The maximum absolute atomic E-state index is 13.4. The molecule has 0 bridgehead atoms. The number of aromatic carboxylic acids is 1. The zero-order valence-electron chi connectivity index (χ0n) is 38.8. The first-order valence-electron chi connectivity index (χ1n) is 23.1. The summed E-state index contributed by atoms with van der Waals surface area (Å²) in [4.78, 5) is 58.3. The molecule has 14 nitrogen and oxygen atoms in total. The van der Waals surface area contributed by atoms with Crippen molar-refractivity contribution in [3.63, 3.8) is 0 Å². The van der Waals surface area contributed by atoms with E-state index >= 15 is 0 Å². The van der Waals surface area contributed by atoms with Gasteiger partial charge in [0.1, 0.15) is 11.5 Å². The zero-order chi connectivity index (χ0) is 47.3. The monoisotopic (exact) mass is 911 g/mol. The number of carbonyl (C=O) groups excluding carboxylic acids is 3. The van der Waals surface area contributed by atoms with Crippen molar-refractivity contribution < 1.29 is 43.2 Å². The number of carboxylic acid groups (broad SMARTS) is 1. The van der Waals surface area contributed by atoms with Crippen LogP contribution in [0.4, 0.5) is 11.4 Å². The number of rotatable bonds is 20. The van der Waals surface area contributed by atoms with Crippen LogP contribution in [-0.4, -0.2) is 107 Å². The largest absolute Gasteiger partial charge is 0.478 e. The van der Waals surface area contributed by atoms with Crippen molar-refractivity contribution in [1.29, 1.82) is 0 Å². The third-order valence-corrected chi connectivity index (χ3v) is 12.2. The first kappa shape index (κ1) is 48.3. The number of carbonyl (C=O) groups is 4. The topological polar surface area (TPSA) is 177 Å². The molecule has 0 saturated heterocycles. The summed E-state index contributed by atoms with van der Waals surface area (Å²) in [6.45, 7) is 9.60. The molecule has 3 aromatic carbocycles. The molecule has 7 rings (SSSR count). The van der Waals surface area contributed by atoms with Crippen molar-refractivity contribution in [2.24, 2.45) is 10.9 Å². The Balaban J connectivity index is 0.794. The van der Waals surface area contributed by atoms with E-state index < -0.39 is 11.9 Å². The van der Waals surface area contributed by atoms with Crippen LogP contribution < -0.4 is 25.6 Å². The number of ether oxygens (including phenoxy) is 4. The Labute approximate surface area is 392 Å². The molecule has 2 heterocycles. The minimum Gasteiger partial charge on any atom is -0.478 e. The summed E-state index contributed by atoms with van der Waals surface area (Å²) in [6.07, 6.45) is 14.7. The SMILES string of the molecule is CCNc1cc2c(cc1C)C(c1ccc(C(=O)NCCOCCOCCOCCNC(=O)CCC(=O)N3CC4=CCCC=C4/C=C\c4ccccc43)cc1C(=O)O)C1C=C(C)C(=NC)C=C1O2. The van der Waals surface area contributed by atoms with Gasteiger partial charge in [-0.25, -0.2) is 4.79 Å². The number of aliphatic imine (C=N–C) groups is 1. The second-order valence-corrected chi connectivity index (χ2v) is 16.7. The lowest BCUT2D eigenvalue weighted by Crippen LogP contribution is -2.35. The van der Waals surface area contributed by atoms with Gasteiger partial charge in [-0.2, -0.15) is 0 Å². The highest BCUT2D eigenvalue weighted by Gasteiger charge is 2.39. The fourth-order valence-corrected chi connectivity index (χ4v) is 8.83. The van der Waals surface area contributed by atoms with Gasteiger partial charge in [0, 0.05) is 80.3 Å². The second-order valence-electron chi connectivity index (χ2n) is 16.7. The van der Waals surface area contributed by atoms with Gasteiger partial charge in [-0.05, 0) is 91.3 Å². The van der Waals surface area contributed by atoms with E-state index in [1.54, 1.807) is 24.1 Å². The lowest BCUT2D eigenvalue weighted by atomic mass is 9.73. The van der Waals surface area contributed by atoms with Crippen molar-refractivity contribution >= 4 is 46.9 Å². The van der Waals surface area contributed by atoms with Crippen LogP contribution in [0.5, 0.6) is 5.75 Å². The number of nitrogens with zero attached hydrogens (tertiary/aromatic N) is 2. The molecule has 0 fully saturated rings. The molecule has 0 spiro atoms. The van der Waals surface area contributed by atoms with Gasteiger partial charge in [-0.1, -0.05) is 54.6 Å². The first-order chi connectivity index (χ1) is 32.6. The number of allylic oxidation sites excluding steroid dienone is 6. The fourth-order valence-electron chi connectivity index (χ4n) is 8.83. The molecule has 2 unspecified atom stereocenters. The summed E-state index contributed by atoms with van der Waals surface area (Å²) in [5.41, 5.74) is 9.54. The number of para-hydroxylation sites is 1. The van der Waals surface area contributed by atoms with Crippen LogP contribution in [0.2, 0.25) is 0 Å². The molecule has 0 aromatic heterocycles. The van der Waals surface area contributed by atoms with Crippen LogP contribution in [0.25, 0.3) is 6.08 Å².